The van der Waals surface area contributed by atoms with Crippen molar-refractivity contribution >= 4 is 40.6 Å². The minimum Gasteiger partial charge on any atom is -0.467 e. The molecule has 0 aliphatic rings. The van der Waals surface area contributed by atoms with Crippen LogP contribution in [0.5, 0.6) is 0 Å². The van der Waals surface area contributed by atoms with E-state index >= 15 is 0 Å². The van der Waals surface area contributed by atoms with Gasteiger partial charge in [-0.1, -0.05) is 23.9 Å². The quantitative estimate of drug-likeness (QED) is 0.349. The Morgan fingerprint density at radius 3 is 2.67 bits per heavy atom. The third-order valence-corrected chi connectivity index (χ3v) is 6.84. The summed E-state index contributed by atoms with van der Waals surface area (Å²) in [4.78, 5) is 31.5. The maximum atomic E-state index is 13.1. The Morgan fingerprint density at radius 2 is 1.91 bits per heavy atom. The number of carbonyl (C=O) groups is 2. The number of benzene rings is 2. The van der Waals surface area contributed by atoms with Crippen LogP contribution in [0.3, 0.4) is 0 Å². The molecule has 0 aliphatic carbocycles. The highest BCUT2D eigenvalue weighted by atomic mass is 32.2. The van der Waals surface area contributed by atoms with E-state index in [9.17, 15) is 14.0 Å². The summed E-state index contributed by atoms with van der Waals surface area (Å²) in [5, 5.41) is 4.68. The zero-order valence-corrected chi connectivity index (χ0v) is 19.3. The van der Waals surface area contributed by atoms with Gasteiger partial charge in [-0.25, -0.2) is 9.37 Å². The number of amides is 2. The summed E-state index contributed by atoms with van der Waals surface area (Å²) in [6.45, 7) is 0.258. The molecule has 2 heterocycles. The van der Waals surface area contributed by atoms with Gasteiger partial charge in [0.2, 0.25) is 5.91 Å². The molecule has 4 rings (SSSR count). The maximum absolute atomic E-state index is 13.1. The fourth-order valence-corrected chi connectivity index (χ4v) is 4.81. The van der Waals surface area contributed by atoms with Crippen molar-refractivity contribution in [1.29, 1.82) is 0 Å². The molecule has 0 fully saturated rings. The van der Waals surface area contributed by atoms with E-state index in [0.29, 0.717) is 17.0 Å². The Bertz CT molecular complexity index is 1240. The zero-order chi connectivity index (χ0) is 23.2. The summed E-state index contributed by atoms with van der Waals surface area (Å²) in [7, 11) is 1.65. The summed E-state index contributed by atoms with van der Waals surface area (Å²) in [5.74, 6) is 0.0510. The van der Waals surface area contributed by atoms with Crippen molar-refractivity contribution in [2.75, 3.05) is 17.7 Å². The summed E-state index contributed by atoms with van der Waals surface area (Å²) < 4.78 is 19.1. The predicted octanol–water partition coefficient (Wildman–Crippen LogP) is 5.23. The first-order valence-electron chi connectivity index (χ1n) is 10.0. The molecule has 0 bridgehead atoms. The van der Waals surface area contributed by atoms with Crippen LogP contribution in [0.1, 0.15) is 16.1 Å². The van der Waals surface area contributed by atoms with E-state index in [0.717, 1.165) is 15.6 Å². The van der Waals surface area contributed by atoms with E-state index in [1.54, 1.807) is 61.8 Å². The number of thioether (sulfide) groups is 1. The minimum absolute atomic E-state index is 0.162. The van der Waals surface area contributed by atoms with Gasteiger partial charge in [-0.3, -0.25) is 9.59 Å². The van der Waals surface area contributed by atoms with E-state index in [2.05, 4.69) is 10.3 Å². The third-order valence-electron chi connectivity index (χ3n) is 4.83. The van der Waals surface area contributed by atoms with Gasteiger partial charge < -0.3 is 14.6 Å². The fourth-order valence-electron chi connectivity index (χ4n) is 3.07. The molecule has 0 aliphatic heterocycles. The number of thiazole rings is 1. The number of rotatable bonds is 8. The van der Waals surface area contributed by atoms with Crippen molar-refractivity contribution in [2.24, 2.45) is 0 Å². The molecule has 0 saturated carbocycles. The number of para-hydroxylation sites is 1. The van der Waals surface area contributed by atoms with Crippen LogP contribution in [0.15, 0.2) is 81.1 Å². The molecule has 2 amide bonds. The first-order valence-corrected chi connectivity index (χ1v) is 11.9. The van der Waals surface area contributed by atoms with Gasteiger partial charge in [-0.2, -0.15) is 0 Å². The second-order valence-electron chi connectivity index (χ2n) is 7.03. The summed E-state index contributed by atoms with van der Waals surface area (Å²) in [6.07, 6.45) is 1.55. The summed E-state index contributed by atoms with van der Waals surface area (Å²) in [6, 6.07) is 16.6. The highest BCUT2D eigenvalue weighted by Crippen LogP contribution is 2.29. The maximum Gasteiger partial charge on any atom is 0.253 e. The molecule has 0 atom stereocenters. The van der Waals surface area contributed by atoms with Crippen LogP contribution in [0.4, 0.5) is 10.1 Å². The third kappa shape index (κ3) is 5.68. The highest BCUT2D eigenvalue weighted by Gasteiger charge is 2.19. The molecular formula is C24H20FN3O3S2. The van der Waals surface area contributed by atoms with Crippen LogP contribution in [0.2, 0.25) is 0 Å². The van der Waals surface area contributed by atoms with Gasteiger partial charge >= 0.3 is 0 Å². The van der Waals surface area contributed by atoms with Crippen molar-refractivity contribution in [3.8, 4) is 11.3 Å². The Balaban J connectivity index is 1.38. The van der Waals surface area contributed by atoms with Crippen LogP contribution < -0.4 is 10.2 Å². The number of anilines is 1. The normalized spacial score (nSPS) is 10.7. The lowest BCUT2D eigenvalue weighted by Gasteiger charge is -2.20. The Morgan fingerprint density at radius 1 is 1.12 bits per heavy atom. The van der Waals surface area contributed by atoms with Crippen LogP contribution in [-0.4, -0.2) is 29.6 Å². The molecule has 6 nitrogen and oxygen atoms in total. The van der Waals surface area contributed by atoms with Crippen LogP contribution >= 0.6 is 23.1 Å². The first kappa shape index (κ1) is 22.8. The van der Waals surface area contributed by atoms with Gasteiger partial charge in [0, 0.05) is 18.0 Å². The Labute approximate surface area is 198 Å². The average Bonchev–Trinajstić information content (AvgIpc) is 3.53. The number of hydrogen-bond donors (Lipinski definition) is 1. The van der Waals surface area contributed by atoms with E-state index in [4.69, 9.17) is 4.42 Å². The van der Waals surface area contributed by atoms with Crippen molar-refractivity contribution in [3.05, 3.63) is 89.4 Å². The standard InChI is InChI=1S/C24H20FN3O3S2/c1-28(21-7-3-2-6-19(21)23(30)26-13-18-5-4-12-31-18)22(29)15-33-24-27-20(14-32-24)16-8-10-17(25)11-9-16/h2-12,14H,13,15H2,1H3,(H,26,30). The smallest absolute Gasteiger partial charge is 0.253 e. The number of hydrogen-bond acceptors (Lipinski definition) is 6. The number of furan rings is 1. The summed E-state index contributed by atoms with van der Waals surface area (Å²) in [5.41, 5.74) is 2.48. The lowest BCUT2D eigenvalue weighted by molar-refractivity contribution is -0.115. The van der Waals surface area contributed by atoms with Crippen molar-refractivity contribution in [3.63, 3.8) is 0 Å². The molecule has 0 radical (unpaired) electrons. The van der Waals surface area contributed by atoms with Crippen molar-refractivity contribution in [1.82, 2.24) is 10.3 Å². The minimum atomic E-state index is -0.299. The first-order chi connectivity index (χ1) is 16.0. The summed E-state index contributed by atoms with van der Waals surface area (Å²) >= 11 is 2.75. The van der Waals surface area contributed by atoms with Crippen molar-refractivity contribution < 1.29 is 18.4 Å². The SMILES string of the molecule is CN(C(=O)CSc1nc(-c2ccc(F)cc2)cs1)c1ccccc1C(=O)NCc1ccco1. The van der Waals surface area contributed by atoms with E-state index in [-0.39, 0.29) is 29.9 Å². The van der Waals surface area contributed by atoms with Gasteiger partial charge in [-0.15, -0.1) is 11.3 Å². The molecular weight excluding hydrogens is 461 g/mol. The lowest BCUT2D eigenvalue weighted by atomic mass is 10.1. The van der Waals surface area contributed by atoms with Crippen molar-refractivity contribution in [2.45, 2.75) is 10.9 Å². The van der Waals surface area contributed by atoms with E-state index in [1.165, 1.54) is 40.1 Å². The molecule has 33 heavy (non-hydrogen) atoms. The second-order valence-corrected chi connectivity index (χ2v) is 9.11. The lowest BCUT2D eigenvalue weighted by Crippen LogP contribution is -2.31. The number of aromatic nitrogens is 1. The van der Waals surface area contributed by atoms with Crippen LogP contribution in [0, 0.1) is 5.82 Å². The largest absolute Gasteiger partial charge is 0.467 e. The van der Waals surface area contributed by atoms with E-state index in [1.807, 2.05) is 5.38 Å². The highest BCUT2D eigenvalue weighted by molar-refractivity contribution is 8.01. The zero-order valence-electron chi connectivity index (χ0n) is 17.7. The molecule has 0 unspecified atom stereocenters. The number of halogens is 1. The molecule has 0 saturated heterocycles. The molecule has 1 N–H and O–H groups in total. The monoisotopic (exact) mass is 481 g/mol. The predicted molar refractivity (Wildman–Crippen MR) is 128 cm³/mol. The molecule has 2 aromatic heterocycles. The number of nitrogens with one attached hydrogen (secondary N) is 1. The van der Waals surface area contributed by atoms with Gasteiger partial charge in [0.1, 0.15) is 11.6 Å². The van der Waals surface area contributed by atoms with Gasteiger partial charge in [-0.05, 0) is 48.5 Å². The van der Waals surface area contributed by atoms with Gasteiger partial charge in [0.25, 0.3) is 5.91 Å². The molecule has 168 valence electrons. The number of nitrogens with zero attached hydrogens (tertiary/aromatic N) is 2. The number of carbonyl (C=O) groups excluding carboxylic acids is 2. The van der Waals surface area contributed by atoms with Gasteiger partial charge in [0.15, 0.2) is 4.34 Å². The van der Waals surface area contributed by atoms with Crippen LogP contribution in [0.25, 0.3) is 11.3 Å². The topological polar surface area (TPSA) is 75.4 Å². The molecule has 0 spiro atoms. The molecule has 9 heteroatoms. The molecule has 2 aromatic carbocycles. The van der Waals surface area contributed by atoms with Gasteiger partial charge in [0.05, 0.1) is 35.5 Å². The average molecular weight is 482 g/mol. The van der Waals surface area contributed by atoms with E-state index < -0.39 is 0 Å². The Kier molecular flexibility index (Phi) is 7.21. The fraction of sp³-hybridized carbons (Fsp3) is 0.125. The van der Waals surface area contributed by atoms with Crippen LogP contribution in [-0.2, 0) is 11.3 Å². The second kappa shape index (κ2) is 10.5. The Hall–Kier alpha value is -3.43. The molecule has 4 aromatic rings.